The molecule has 0 bridgehead atoms. The van der Waals surface area contributed by atoms with E-state index in [9.17, 15) is 9.90 Å². The largest absolute Gasteiger partial charge is 0.481 e. The van der Waals surface area contributed by atoms with Gasteiger partial charge >= 0.3 is 5.97 Å². The average molecular weight is 295 g/mol. The minimum atomic E-state index is -0.609. The molecule has 0 aromatic heterocycles. The van der Waals surface area contributed by atoms with E-state index in [4.69, 9.17) is 0 Å². The Labute approximate surface area is 130 Å². The second-order valence-electron chi connectivity index (χ2n) is 7.63. The number of carboxylic acid groups (broad SMARTS) is 1. The van der Waals surface area contributed by atoms with Crippen LogP contribution in [0.5, 0.6) is 0 Å². The quantitative estimate of drug-likeness (QED) is 0.786. The van der Waals surface area contributed by atoms with Crippen LogP contribution in [-0.2, 0) is 4.79 Å². The summed E-state index contributed by atoms with van der Waals surface area (Å²) in [6.45, 7) is 6.86. The van der Waals surface area contributed by atoms with Gasteiger partial charge in [0.05, 0.1) is 6.42 Å². The van der Waals surface area contributed by atoms with E-state index in [1.165, 1.54) is 44.9 Å². The van der Waals surface area contributed by atoms with Crippen molar-refractivity contribution in [2.45, 2.75) is 83.6 Å². The molecule has 1 saturated carbocycles. The molecule has 1 heterocycles. The first kappa shape index (κ1) is 16.8. The fourth-order valence-corrected chi connectivity index (χ4v) is 4.51. The summed E-state index contributed by atoms with van der Waals surface area (Å²) in [5.41, 5.74) is -0.0557. The van der Waals surface area contributed by atoms with Crippen molar-refractivity contribution in [1.82, 2.24) is 4.90 Å². The molecule has 0 radical (unpaired) electrons. The Bertz CT molecular complexity index is 334. The third-order valence-corrected chi connectivity index (χ3v) is 5.90. The van der Waals surface area contributed by atoms with Crippen LogP contribution in [0.3, 0.4) is 0 Å². The number of aliphatic carboxylic acids is 1. The Balaban J connectivity index is 2.13. The van der Waals surface area contributed by atoms with Crippen LogP contribution >= 0.6 is 0 Å². The van der Waals surface area contributed by atoms with E-state index in [1.54, 1.807) is 0 Å². The molecule has 0 amide bonds. The standard InChI is InChI=1S/C18H33NO2/c1-15(2)16-8-7-10-18(11-9-16,14-17(20)21)19-12-5-3-4-6-13-19/h15-16H,3-14H2,1-2H3,(H,20,21). The normalized spacial score (nSPS) is 32.6. The zero-order valence-corrected chi connectivity index (χ0v) is 13.9. The summed E-state index contributed by atoms with van der Waals surface area (Å²) in [6, 6.07) is 0. The van der Waals surface area contributed by atoms with Gasteiger partial charge in [-0.05, 0) is 57.0 Å². The molecule has 1 N–H and O–H groups in total. The first-order valence-electron chi connectivity index (χ1n) is 9.00. The van der Waals surface area contributed by atoms with Gasteiger partial charge in [0.1, 0.15) is 0 Å². The van der Waals surface area contributed by atoms with E-state index in [-0.39, 0.29) is 5.54 Å². The van der Waals surface area contributed by atoms with Gasteiger partial charge in [-0.15, -0.1) is 0 Å². The molecule has 1 aliphatic carbocycles. The number of nitrogens with zero attached hydrogens (tertiary/aromatic N) is 1. The molecule has 2 fully saturated rings. The zero-order valence-electron chi connectivity index (χ0n) is 13.9. The van der Waals surface area contributed by atoms with E-state index in [2.05, 4.69) is 18.7 Å². The first-order valence-corrected chi connectivity index (χ1v) is 9.00. The van der Waals surface area contributed by atoms with Crippen molar-refractivity contribution in [2.75, 3.05) is 13.1 Å². The van der Waals surface area contributed by atoms with E-state index >= 15 is 0 Å². The molecular formula is C18H33NO2. The van der Waals surface area contributed by atoms with Gasteiger partial charge in [0.2, 0.25) is 0 Å². The molecule has 0 aromatic carbocycles. The van der Waals surface area contributed by atoms with Gasteiger partial charge in [0, 0.05) is 5.54 Å². The number of carbonyl (C=O) groups is 1. The number of hydrogen-bond donors (Lipinski definition) is 1. The highest BCUT2D eigenvalue weighted by Crippen LogP contribution is 2.40. The van der Waals surface area contributed by atoms with Gasteiger partial charge in [-0.1, -0.05) is 39.5 Å². The second kappa shape index (κ2) is 7.62. The maximum Gasteiger partial charge on any atom is 0.305 e. The summed E-state index contributed by atoms with van der Waals surface area (Å²) in [6.07, 6.45) is 11.3. The van der Waals surface area contributed by atoms with Gasteiger partial charge < -0.3 is 5.11 Å². The molecule has 1 saturated heterocycles. The van der Waals surface area contributed by atoms with Crippen LogP contribution in [0, 0.1) is 11.8 Å². The molecule has 2 aliphatic rings. The Morgan fingerprint density at radius 3 is 2.33 bits per heavy atom. The van der Waals surface area contributed by atoms with Crippen LogP contribution in [0.4, 0.5) is 0 Å². The number of carboxylic acids is 1. The number of rotatable bonds is 4. The number of hydrogen-bond acceptors (Lipinski definition) is 2. The maximum atomic E-state index is 11.5. The first-order chi connectivity index (χ1) is 10.0. The van der Waals surface area contributed by atoms with Crippen molar-refractivity contribution in [3.05, 3.63) is 0 Å². The molecule has 122 valence electrons. The molecule has 2 atom stereocenters. The van der Waals surface area contributed by atoms with Crippen molar-refractivity contribution >= 4 is 5.97 Å². The Hall–Kier alpha value is -0.570. The van der Waals surface area contributed by atoms with Crippen molar-refractivity contribution in [3.63, 3.8) is 0 Å². The fraction of sp³-hybridized carbons (Fsp3) is 0.944. The topological polar surface area (TPSA) is 40.5 Å². The highest BCUT2D eigenvalue weighted by atomic mass is 16.4. The predicted octanol–water partition coefficient (Wildman–Crippen LogP) is 4.31. The van der Waals surface area contributed by atoms with E-state index in [1.807, 2.05) is 0 Å². The smallest absolute Gasteiger partial charge is 0.305 e. The van der Waals surface area contributed by atoms with Crippen LogP contribution in [0.15, 0.2) is 0 Å². The van der Waals surface area contributed by atoms with Crippen molar-refractivity contribution < 1.29 is 9.90 Å². The van der Waals surface area contributed by atoms with Crippen molar-refractivity contribution in [2.24, 2.45) is 11.8 Å². The summed E-state index contributed by atoms with van der Waals surface area (Å²) in [5.74, 6) is 0.907. The highest BCUT2D eigenvalue weighted by molar-refractivity contribution is 5.68. The predicted molar refractivity (Wildman–Crippen MR) is 86.4 cm³/mol. The van der Waals surface area contributed by atoms with Gasteiger partial charge in [-0.2, -0.15) is 0 Å². The lowest BCUT2D eigenvalue weighted by Crippen LogP contribution is -2.50. The average Bonchev–Trinajstić information content (AvgIpc) is 2.79. The molecule has 0 aromatic rings. The summed E-state index contributed by atoms with van der Waals surface area (Å²) in [4.78, 5) is 14.1. The van der Waals surface area contributed by atoms with Gasteiger partial charge in [0.25, 0.3) is 0 Å². The fourth-order valence-electron chi connectivity index (χ4n) is 4.51. The lowest BCUT2D eigenvalue weighted by molar-refractivity contribution is -0.141. The van der Waals surface area contributed by atoms with Crippen LogP contribution in [0.25, 0.3) is 0 Å². The second-order valence-corrected chi connectivity index (χ2v) is 7.63. The molecule has 21 heavy (non-hydrogen) atoms. The summed E-state index contributed by atoms with van der Waals surface area (Å²) in [5, 5.41) is 9.47. The monoisotopic (exact) mass is 295 g/mol. The van der Waals surface area contributed by atoms with Crippen LogP contribution < -0.4 is 0 Å². The SMILES string of the molecule is CC(C)C1CCCC(CC(=O)O)(N2CCCCCC2)CC1. The Kier molecular flexibility index (Phi) is 6.09. The molecule has 3 nitrogen and oxygen atoms in total. The number of likely N-dealkylation sites (tertiary alicyclic amines) is 1. The highest BCUT2D eigenvalue weighted by Gasteiger charge is 2.40. The maximum absolute atomic E-state index is 11.5. The van der Waals surface area contributed by atoms with Crippen LogP contribution in [0.1, 0.15) is 78.1 Å². The molecule has 1 aliphatic heterocycles. The van der Waals surface area contributed by atoms with Gasteiger partial charge in [-0.3, -0.25) is 9.69 Å². The molecule has 3 heteroatoms. The lowest BCUT2D eigenvalue weighted by Gasteiger charge is -2.43. The minimum Gasteiger partial charge on any atom is -0.481 e. The van der Waals surface area contributed by atoms with Crippen molar-refractivity contribution in [3.8, 4) is 0 Å². The molecule has 2 unspecified atom stereocenters. The van der Waals surface area contributed by atoms with Gasteiger partial charge in [0.15, 0.2) is 0 Å². The molecular weight excluding hydrogens is 262 g/mol. The zero-order chi connectivity index (χ0) is 15.3. The lowest BCUT2D eigenvalue weighted by atomic mass is 9.83. The van der Waals surface area contributed by atoms with Crippen molar-refractivity contribution in [1.29, 1.82) is 0 Å². The molecule has 0 spiro atoms. The molecule has 2 rings (SSSR count). The Morgan fingerprint density at radius 2 is 1.76 bits per heavy atom. The van der Waals surface area contributed by atoms with Crippen LogP contribution in [-0.4, -0.2) is 34.6 Å². The van der Waals surface area contributed by atoms with Crippen LogP contribution in [0.2, 0.25) is 0 Å². The summed E-state index contributed by atoms with van der Waals surface area (Å²) < 4.78 is 0. The van der Waals surface area contributed by atoms with E-state index in [0.29, 0.717) is 6.42 Å². The Morgan fingerprint density at radius 1 is 1.10 bits per heavy atom. The third-order valence-electron chi connectivity index (χ3n) is 5.90. The summed E-state index contributed by atoms with van der Waals surface area (Å²) in [7, 11) is 0. The summed E-state index contributed by atoms with van der Waals surface area (Å²) >= 11 is 0. The van der Waals surface area contributed by atoms with Gasteiger partial charge in [-0.25, -0.2) is 0 Å². The minimum absolute atomic E-state index is 0.0557. The van der Waals surface area contributed by atoms with E-state index < -0.39 is 5.97 Å². The van der Waals surface area contributed by atoms with E-state index in [0.717, 1.165) is 37.8 Å². The third kappa shape index (κ3) is 4.45.